The van der Waals surface area contributed by atoms with Crippen molar-refractivity contribution in [2.24, 2.45) is 10.7 Å². The first-order valence-corrected chi connectivity index (χ1v) is 11.2. The van der Waals surface area contributed by atoms with E-state index in [9.17, 15) is 4.79 Å². The van der Waals surface area contributed by atoms with E-state index in [4.69, 9.17) is 15.2 Å². The van der Waals surface area contributed by atoms with Crippen molar-refractivity contribution < 1.29 is 14.3 Å². The predicted octanol–water partition coefficient (Wildman–Crippen LogP) is 3.25. The van der Waals surface area contributed by atoms with Crippen molar-refractivity contribution in [2.75, 3.05) is 25.3 Å². The predicted molar refractivity (Wildman–Crippen MR) is 133 cm³/mol. The van der Waals surface area contributed by atoms with E-state index in [1.807, 2.05) is 60.7 Å². The number of carbonyl (C=O) groups is 1. The molecular formula is C26H29N5O3. The van der Waals surface area contributed by atoms with Gasteiger partial charge >= 0.3 is 0 Å². The van der Waals surface area contributed by atoms with E-state index in [0.717, 1.165) is 34.4 Å². The van der Waals surface area contributed by atoms with E-state index < -0.39 is 5.91 Å². The number of nitrogens with two attached hydrogens (primary N) is 1. The van der Waals surface area contributed by atoms with Crippen molar-refractivity contribution in [3.8, 4) is 16.9 Å². The number of aliphatic imine (C=N–C) groups is 1. The number of benzene rings is 2. The molecule has 2 aromatic carbocycles. The Balaban J connectivity index is 1.59. The van der Waals surface area contributed by atoms with Gasteiger partial charge in [0.1, 0.15) is 17.7 Å². The number of aromatic nitrogens is 1. The van der Waals surface area contributed by atoms with Gasteiger partial charge in [-0.25, -0.2) is 15.0 Å². The van der Waals surface area contributed by atoms with Crippen molar-refractivity contribution in [1.82, 2.24) is 10.4 Å². The zero-order valence-corrected chi connectivity index (χ0v) is 19.4. The molecular weight excluding hydrogens is 430 g/mol. The minimum absolute atomic E-state index is 0.121. The maximum absolute atomic E-state index is 11.8. The molecule has 0 radical (unpaired) electrons. The number of nitrogens with zero attached hydrogens (tertiary/aromatic N) is 3. The fraction of sp³-hybridized carbons (Fsp3) is 0.269. The molecule has 3 aromatic rings. The standard InChI is InChI=1S/C26H29N5O3/c1-18-9-10-21(34-14-6-13-33-2)17-22(18)20-11-12-28-23(16-20)31-24(29-26(30-31)25(27)32)15-19-7-4-3-5-8-19/h3-5,7-12,16-17,24H,6,13-15H2,1-2H3,(H2,27,32)(H,29,30). The summed E-state index contributed by atoms with van der Waals surface area (Å²) in [4.78, 5) is 20.9. The molecule has 0 bridgehead atoms. The van der Waals surface area contributed by atoms with Crippen LogP contribution >= 0.6 is 0 Å². The molecule has 1 aliphatic rings. The molecule has 1 unspecified atom stereocenters. The first-order chi connectivity index (χ1) is 16.5. The van der Waals surface area contributed by atoms with Crippen LogP contribution in [-0.2, 0) is 16.0 Å². The number of methoxy groups -OCH3 is 1. The molecule has 8 nitrogen and oxygen atoms in total. The minimum atomic E-state index is -0.606. The lowest BCUT2D eigenvalue weighted by Crippen LogP contribution is -2.45. The molecule has 1 atom stereocenters. The Hall–Kier alpha value is -3.91. The molecule has 1 aliphatic heterocycles. The average molecular weight is 460 g/mol. The number of primary amides is 1. The second kappa shape index (κ2) is 10.8. The SMILES string of the molecule is COCCCOc1ccc(C)c(-c2ccnc(N3NC(C(N)=O)=NC3Cc3ccccc3)c2)c1. The van der Waals surface area contributed by atoms with Gasteiger partial charge in [-0.1, -0.05) is 36.4 Å². The maximum Gasteiger partial charge on any atom is 0.285 e. The number of hydrogen-bond acceptors (Lipinski definition) is 7. The van der Waals surface area contributed by atoms with E-state index in [0.29, 0.717) is 25.5 Å². The Morgan fingerprint density at radius 2 is 1.94 bits per heavy atom. The quantitative estimate of drug-likeness (QED) is 0.451. The molecule has 176 valence electrons. The largest absolute Gasteiger partial charge is 0.493 e. The summed E-state index contributed by atoms with van der Waals surface area (Å²) in [6, 6.07) is 20.0. The Kier molecular flexibility index (Phi) is 7.39. The molecule has 3 N–H and O–H groups in total. The number of pyridine rings is 1. The third-order valence-electron chi connectivity index (χ3n) is 5.57. The van der Waals surface area contributed by atoms with Gasteiger partial charge in [-0.05, 0) is 53.4 Å². The fourth-order valence-electron chi connectivity index (χ4n) is 3.83. The summed E-state index contributed by atoms with van der Waals surface area (Å²) in [6.45, 7) is 3.31. The van der Waals surface area contributed by atoms with Crippen molar-refractivity contribution in [3.63, 3.8) is 0 Å². The van der Waals surface area contributed by atoms with E-state index in [1.165, 1.54) is 0 Å². The Morgan fingerprint density at radius 3 is 2.71 bits per heavy atom. The Labute approximate surface area is 199 Å². The van der Waals surface area contributed by atoms with Crippen LogP contribution in [0.1, 0.15) is 17.5 Å². The van der Waals surface area contributed by atoms with Crippen molar-refractivity contribution >= 4 is 17.6 Å². The third-order valence-corrected chi connectivity index (χ3v) is 5.57. The number of rotatable bonds is 10. The molecule has 0 saturated carbocycles. The zero-order chi connectivity index (χ0) is 23.9. The van der Waals surface area contributed by atoms with Gasteiger partial charge in [0, 0.05) is 32.8 Å². The lowest BCUT2D eigenvalue weighted by molar-refractivity contribution is -0.112. The molecule has 1 amide bonds. The first kappa shape index (κ1) is 23.3. The summed E-state index contributed by atoms with van der Waals surface area (Å²) in [5.74, 6) is 0.960. The van der Waals surface area contributed by atoms with E-state index in [-0.39, 0.29) is 12.0 Å². The van der Waals surface area contributed by atoms with Gasteiger partial charge in [0.05, 0.1) is 6.61 Å². The summed E-state index contributed by atoms with van der Waals surface area (Å²) in [5.41, 5.74) is 12.8. The highest BCUT2D eigenvalue weighted by Crippen LogP contribution is 2.30. The molecule has 0 fully saturated rings. The van der Waals surface area contributed by atoms with Crippen LogP contribution < -0.4 is 20.9 Å². The minimum Gasteiger partial charge on any atom is -0.493 e. The zero-order valence-electron chi connectivity index (χ0n) is 19.4. The van der Waals surface area contributed by atoms with Gasteiger partial charge in [-0.2, -0.15) is 0 Å². The van der Waals surface area contributed by atoms with E-state index in [2.05, 4.69) is 22.3 Å². The van der Waals surface area contributed by atoms with Crippen LogP contribution in [0.3, 0.4) is 0 Å². The number of ether oxygens (including phenoxy) is 2. The maximum atomic E-state index is 11.8. The lowest BCUT2D eigenvalue weighted by Gasteiger charge is -2.24. The number of hydrazine groups is 1. The van der Waals surface area contributed by atoms with Crippen molar-refractivity contribution in [2.45, 2.75) is 25.9 Å². The van der Waals surface area contributed by atoms with Crippen molar-refractivity contribution in [3.05, 3.63) is 78.0 Å². The molecule has 0 aliphatic carbocycles. The second-order valence-corrected chi connectivity index (χ2v) is 8.07. The summed E-state index contributed by atoms with van der Waals surface area (Å²) in [6.07, 6.45) is 2.81. The van der Waals surface area contributed by atoms with Gasteiger partial charge in [0.15, 0.2) is 0 Å². The van der Waals surface area contributed by atoms with Gasteiger partial charge < -0.3 is 15.2 Å². The summed E-state index contributed by atoms with van der Waals surface area (Å²) < 4.78 is 11.0. The van der Waals surface area contributed by atoms with Crippen LogP contribution in [0, 0.1) is 6.92 Å². The molecule has 4 rings (SSSR count). The molecule has 2 heterocycles. The van der Waals surface area contributed by atoms with Gasteiger partial charge in [0.25, 0.3) is 5.91 Å². The number of hydrogen-bond donors (Lipinski definition) is 2. The fourth-order valence-corrected chi connectivity index (χ4v) is 3.83. The number of amidine groups is 1. The normalized spacial score (nSPS) is 15.1. The van der Waals surface area contributed by atoms with E-state index >= 15 is 0 Å². The number of carbonyl (C=O) groups excluding carboxylic acids is 1. The topological polar surface area (TPSA) is 102 Å². The third kappa shape index (κ3) is 5.52. The van der Waals surface area contributed by atoms with Crippen LogP contribution in [-0.4, -0.2) is 43.2 Å². The number of nitrogens with one attached hydrogen (secondary N) is 1. The van der Waals surface area contributed by atoms with Crippen LogP contribution in [0.15, 0.2) is 71.9 Å². The van der Waals surface area contributed by atoms with Gasteiger partial charge in [0.2, 0.25) is 5.84 Å². The molecule has 1 aromatic heterocycles. The summed E-state index contributed by atoms with van der Waals surface area (Å²) in [7, 11) is 1.68. The summed E-state index contributed by atoms with van der Waals surface area (Å²) >= 11 is 0. The summed E-state index contributed by atoms with van der Waals surface area (Å²) in [5, 5.41) is 1.79. The Bertz CT molecular complexity index is 1170. The van der Waals surface area contributed by atoms with Gasteiger partial charge in [-0.3, -0.25) is 10.2 Å². The number of anilines is 1. The molecule has 34 heavy (non-hydrogen) atoms. The van der Waals surface area contributed by atoms with Crippen LogP contribution in [0.2, 0.25) is 0 Å². The smallest absolute Gasteiger partial charge is 0.285 e. The van der Waals surface area contributed by atoms with Crippen LogP contribution in [0.5, 0.6) is 5.75 Å². The highest BCUT2D eigenvalue weighted by molar-refractivity contribution is 6.38. The van der Waals surface area contributed by atoms with E-state index in [1.54, 1.807) is 18.3 Å². The monoisotopic (exact) mass is 459 g/mol. The number of aryl methyl sites for hydroxylation is 1. The first-order valence-electron chi connectivity index (χ1n) is 11.2. The number of amides is 1. The second-order valence-electron chi connectivity index (χ2n) is 8.07. The highest BCUT2D eigenvalue weighted by atomic mass is 16.5. The average Bonchev–Trinajstić information content (AvgIpc) is 3.28. The van der Waals surface area contributed by atoms with Crippen LogP contribution in [0.4, 0.5) is 5.82 Å². The molecule has 0 saturated heterocycles. The van der Waals surface area contributed by atoms with Gasteiger partial charge in [-0.15, -0.1) is 0 Å². The highest BCUT2D eigenvalue weighted by Gasteiger charge is 2.30. The van der Waals surface area contributed by atoms with Crippen molar-refractivity contribution in [1.29, 1.82) is 0 Å². The Morgan fingerprint density at radius 1 is 1.12 bits per heavy atom. The lowest BCUT2D eigenvalue weighted by atomic mass is 10.0. The molecule has 0 spiro atoms. The van der Waals surface area contributed by atoms with Crippen LogP contribution in [0.25, 0.3) is 11.1 Å². The molecule has 8 heteroatoms.